The molecule has 0 bridgehead atoms. The van der Waals surface area contributed by atoms with Gasteiger partial charge in [-0.1, -0.05) is 37.5 Å². The average Bonchev–Trinajstić information content (AvgIpc) is 2.66. The predicted octanol–water partition coefficient (Wildman–Crippen LogP) is 2.76. The Balaban J connectivity index is 1.87. The van der Waals surface area contributed by atoms with E-state index >= 15 is 0 Å². The molecule has 1 fully saturated rings. The van der Waals surface area contributed by atoms with Gasteiger partial charge in [-0.05, 0) is 24.5 Å². The van der Waals surface area contributed by atoms with Gasteiger partial charge in [-0.25, -0.2) is 0 Å². The Bertz CT molecular complexity index is 517. The fraction of sp³-hybridized carbons (Fsp3) is 0.588. The second-order valence-corrected chi connectivity index (χ2v) is 6.28. The first kappa shape index (κ1) is 14.4. The van der Waals surface area contributed by atoms with Gasteiger partial charge in [0.2, 0.25) is 0 Å². The van der Waals surface area contributed by atoms with Gasteiger partial charge in [0, 0.05) is 18.2 Å². The van der Waals surface area contributed by atoms with Crippen LogP contribution in [-0.2, 0) is 4.79 Å². The van der Waals surface area contributed by atoms with Crippen molar-refractivity contribution in [3.8, 4) is 0 Å². The lowest BCUT2D eigenvalue weighted by Gasteiger charge is -2.33. The molecule has 1 aromatic rings. The molecule has 0 amide bonds. The van der Waals surface area contributed by atoms with Gasteiger partial charge >= 0.3 is 5.97 Å². The zero-order chi connectivity index (χ0) is 14.8. The van der Waals surface area contributed by atoms with E-state index in [0.29, 0.717) is 6.54 Å². The Morgan fingerprint density at radius 3 is 2.76 bits per heavy atom. The number of hydrogen-bond acceptors (Lipinski definition) is 3. The van der Waals surface area contributed by atoms with Gasteiger partial charge in [0.1, 0.15) is 0 Å². The van der Waals surface area contributed by atoms with Crippen LogP contribution in [0.2, 0.25) is 0 Å². The van der Waals surface area contributed by atoms with Crippen LogP contribution >= 0.6 is 0 Å². The third-order valence-electron chi connectivity index (χ3n) is 4.87. The number of aliphatic hydroxyl groups is 1. The van der Waals surface area contributed by atoms with Crippen molar-refractivity contribution in [2.24, 2.45) is 0 Å². The highest BCUT2D eigenvalue weighted by atomic mass is 16.4. The summed E-state index contributed by atoms with van der Waals surface area (Å²) in [4.78, 5) is 13.4. The zero-order valence-electron chi connectivity index (χ0n) is 12.2. The van der Waals surface area contributed by atoms with Gasteiger partial charge < -0.3 is 15.1 Å². The molecule has 1 aromatic carbocycles. The molecule has 3 atom stereocenters. The minimum atomic E-state index is -0.752. The number of aliphatic hydroxyl groups excluding tert-OH is 1. The predicted molar refractivity (Wildman–Crippen MR) is 81.7 cm³/mol. The second-order valence-electron chi connectivity index (χ2n) is 6.28. The van der Waals surface area contributed by atoms with Crippen molar-refractivity contribution in [1.29, 1.82) is 0 Å². The maximum Gasteiger partial charge on any atom is 0.304 e. The average molecular weight is 289 g/mol. The van der Waals surface area contributed by atoms with Crippen molar-refractivity contribution in [1.82, 2.24) is 0 Å². The Morgan fingerprint density at radius 1 is 1.19 bits per heavy atom. The van der Waals surface area contributed by atoms with Crippen molar-refractivity contribution in [2.75, 3.05) is 11.4 Å². The summed E-state index contributed by atoms with van der Waals surface area (Å²) < 4.78 is 0. The van der Waals surface area contributed by atoms with E-state index in [4.69, 9.17) is 5.11 Å². The van der Waals surface area contributed by atoms with Crippen molar-refractivity contribution in [3.05, 3.63) is 29.8 Å². The third kappa shape index (κ3) is 2.91. The van der Waals surface area contributed by atoms with E-state index in [-0.39, 0.29) is 24.5 Å². The molecule has 0 aromatic heterocycles. The smallest absolute Gasteiger partial charge is 0.304 e. The molecule has 1 aliphatic heterocycles. The Hall–Kier alpha value is -1.55. The van der Waals surface area contributed by atoms with Crippen LogP contribution in [0.4, 0.5) is 5.69 Å². The summed E-state index contributed by atoms with van der Waals surface area (Å²) in [5.74, 6) is -0.716. The number of fused-ring (bicyclic) bond motifs is 1. The number of anilines is 1. The molecule has 21 heavy (non-hydrogen) atoms. The lowest BCUT2D eigenvalue weighted by atomic mass is 9.98. The normalized spacial score (nSPS) is 29.0. The van der Waals surface area contributed by atoms with Gasteiger partial charge in [-0.2, -0.15) is 0 Å². The fourth-order valence-electron chi connectivity index (χ4n) is 3.86. The second kappa shape index (κ2) is 6.06. The maximum atomic E-state index is 11.1. The molecule has 1 saturated carbocycles. The van der Waals surface area contributed by atoms with Crippen molar-refractivity contribution >= 4 is 11.7 Å². The molecule has 4 nitrogen and oxygen atoms in total. The van der Waals surface area contributed by atoms with E-state index in [1.807, 2.05) is 18.2 Å². The molecule has 4 heteroatoms. The molecule has 1 aliphatic carbocycles. The van der Waals surface area contributed by atoms with Crippen LogP contribution in [-0.4, -0.2) is 34.9 Å². The highest BCUT2D eigenvalue weighted by Crippen LogP contribution is 2.41. The van der Waals surface area contributed by atoms with Crippen LogP contribution in [0.1, 0.15) is 50.0 Å². The highest BCUT2D eigenvalue weighted by Gasteiger charge is 2.36. The number of hydrogen-bond donors (Lipinski definition) is 2. The molecule has 0 saturated heterocycles. The topological polar surface area (TPSA) is 60.8 Å². The molecule has 1 heterocycles. The molecule has 2 aliphatic rings. The first-order chi connectivity index (χ1) is 10.2. The minimum Gasteiger partial charge on any atom is -0.481 e. The van der Waals surface area contributed by atoms with Crippen LogP contribution < -0.4 is 4.90 Å². The summed E-state index contributed by atoms with van der Waals surface area (Å²) in [7, 11) is 0. The number of rotatable bonds is 3. The lowest BCUT2D eigenvalue weighted by molar-refractivity contribution is -0.137. The van der Waals surface area contributed by atoms with E-state index in [2.05, 4.69) is 11.0 Å². The van der Waals surface area contributed by atoms with Crippen LogP contribution in [0.15, 0.2) is 24.3 Å². The van der Waals surface area contributed by atoms with E-state index in [1.165, 1.54) is 6.42 Å². The number of nitrogens with zero attached hydrogens (tertiary/aromatic N) is 1. The Morgan fingerprint density at radius 2 is 1.95 bits per heavy atom. The van der Waals surface area contributed by atoms with E-state index in [9.17, 15) is 9.90 Å². The fourth-order valence-corrected chi connectivity index (χ4v) is 3.86. The number of carboxylic acids is 1. The quantitative estimate of drug-likeness (QED) is 0.840. The largest absolute Gasteiger partial charge is 0.481 e. The molecule has 114 valence electrons. The standard InChI is InChI=1S/C17H23NO3/c19-16-9-3-1-2-8-15(16)18-11-12(10-17(20)21)13-6-4-5-7-14(13)18/h4-7,12,15-16,19H,1-3,8-11H2,(H,20,21). The number of para-hydroxylation sites is 1. The van der Waals surface area contributed by atoms with Gasteiger partial charge in [-0.15, -0.1) is 0 Å². The van der Waals surface area contributed by atoms with Crippen LogP contribution in [0.25, 0.3) is 0 Å². The number of aliphatic carboxylic acids is 1. The minimum absolute atomic E-state index is 0.0363. The lowest BCUT2D eigenvalue weighted by Crippen LogP contribution is -2.42. The van der Waals surface area contributed by atoms with Gasteiger partial charge in [0.25, 0.3) is 0 Å². The molecule has 2 N–H and O–H groups in total. The van der Waals surface area contributed by atoms with Gasteiger partial charge in [0.15, 0.2) is 0 Å². The number of carbonyl (C=O) groups is 1. The van der Waals surface area contributed by atoms with E-state index in [1.54, 1.807) is 0 Å². The van der Waals surface area contributed by atoms with Crippen LogP contribution in [0, 0.1) is 0 Å². The molecule has 0 spiro atoms. The molecule has 3 rings (SSSR count). The summed E-state index contributed by atoms with van der Waals surface area (Å²) in [6.45, 7) is 0.716. The van der Waals surface area contributed by atoms with Crippen molar-refractivity contribution in [3.63, 3.8) is 0 Å². The molecular weight excluding hydrogens is 266 g/mol. The SMILES string of the molecule is O=C(O)CC1CN(C2CCCCCC2O)c2ccccc21. The monoisotopic (exact) mass is 289 g/mol. The summed E-state index contributed by atoms with van der Waals surface area (Å²) in [6, 6.07) is 8.20. The third-order valence-corrected chi connectivity index (χ3v) is 4.87. The van der Waals surface area contributed by atoms with Crippen LogP contribution in [0.3, 0.4) is 0 Å². The highest BCUT2D eigenvalue weighted by molar-refractivity contribution is 5.71. The summed E-state index contributed by atoms with van der Waals surface area (Å²) in [5.41, 5.74) is 2.24. The number of benzene rings is 1. The molecule has 0 radical (unpaired) electrons. The maximum absolute atomic E-state index is 11.1. The van der Waals surface area contributed by atoms with Crippen molar-refractivity contribution in [2.45, 2.75) is 56.6 Å². The zero-order valence-corrected chi connectivity index (χ0v) is 12.2. The Labute approximate surface area is 125 Å². The van der Waals surface area contributed by atoms with Crippen LogP contribution in [0.5, 0.6) is 0 Å². The summed E-state index contributed by atoms with van der Waals surface area (Å²) >= 11 is 0. The molecule has 3 unspecified atom stereocenters. The van der Waals surface area contributed by atoms with E-state index < -0.39 is 5.97 Å². The summed E-state index contributed by atoms with van der Waals surface area (Å²) in [6.07, 6.45) is 5.12. The molecular formula is C17H23NO3. The first-order valence-corrected chi connectivity index (χ1v) is 7.92. The van der Waals surface area contributed by atoms with Gasteiger partial charge in [-0.3, -0.25) is 4.79 Å². The number of carboxylic acid groups (broad SMARTS) is 1. The Kier molecular flexibility index (Phi) is 4.15. The van der Waals surface area contributed by atoms with Gasteiger partial charge in [0.05, 0.1) is 18.6 Å². The van der Waals surface area contributed by atoms with Crippen molar-refractivity contribution < 1.29 is 15.0 Å². The first-order valence-electron chi connectivity index (χ1n) is 7.92. The summed E-state index contributed by atoms with van der Waals surface area (Å²) in [5, 5.41) is 19.6. The van der Waals surface area contributed by atoms with E-state index in [0.717, 1.165) is 36.9 Å².